The molecule has 0 fully saturated rings. The lowest BCUT2D eigenvalue weighted by Gasteiger charge is -2.08. The standard InChI is InChI=1S/C11H9ClFN3/c1-7-4-8(13)2-3-9(7)16-11-5-10(12)14-6-15-11/h2-6H,1H3,(H,14,15,16). The second-order valence-corrected chi connectivity index (χ2v) is 3.70. The normalized spacial score (nSPS) is 10.2. The lowest BCUT2D eigenvalue weighted by molar-refractivity contribution is 0.627. The summed E-state index contributed by atoms with van der Waals surface area (Å²) in [5.41, 5.74) is 1.59. The Balaban J connectivity index is 2.27. The van der Waals surface area contributed by atoms with Crippen LogP contribution in [0.25, 0.3) is 0 Å². The molecule has 0 bridgehead atoms. The number of anilines is 2. The highest BCUT2D eigenvalue weighted by Crippen LogP contribution is 2.20. The van der Waals surface area contributed by atoms with Crippen molar-refractivity contribution in [3.63, 3.8) is 0 Å². The van der Waals surface area contributed by atoms with E-state index in [9.17, 15) is 4.39 Å². The van der Waals surface area contributed by atoms with Gasteiger partial charge >= 0.3 is 0 Å². The third kappa shape index (κ3) is 2.46. The molecule has 0 aliphatic heterocycles. The largest absolute Gasteiger partial charge is 0.340 e. The van der Waals surface area contributed by atoms with Crippen molar-refractivity contribution in [3.05, 3.63) is 47.1 Å². The molecule has 2 rings (SSSR count). The summed E-state index contributed by atoms with van der Waals surface area (Å²) >= 11 is 5.72. The molecule has 0 saturated carbocycles. The minimum Gasteiger partial charge on any atom is -0.340 e. The van der Waals surface area contributed by atoms with Crippen LogP contribution in [0.2, 0.25) is 5.15 Å². The van der Waals surface area contributed by atoms with Gasteiger partial charge in [-0.3, -0.25) is 0 Å². The van der Waals surface area contributed by atoms with Crippen LogP contribution in [-0.2, 0) is 0 Å². The fourth-order valence-corrected chi connectivity index (χ4v) is 1.45. The average Bonchev–Trinajstić information content (AvgIpc) is 2.22. The Bertz CT molecular complexity index is 516. The maximum absolute atomic E-state index is 12.9. The van der Waals surface area contributed by atoms with E-state index in [2.05, 4.69) is 15.3 Å². The molecule has 82 valence electrons. The Morgan fingerprint density at radius 3 is 2.75 bits per heavy atom. The highest BCUT2D eigenvalue weighted by Gasteiger charge is 2.02. The molecule has 1 heterocycles. The van der Waals surface area contributed by atoms with Crippen molar-refractivity contribution in [1.29, 1.82) is 0 Å². The van der Waals surface area contributed by atoms with Crippen LogP contribution in [0, 0.1) is 12.7 Å². The third-order valence-electron chi connectivity index (χ3n) is 2.08. The molecule has 16 heavy (non-hydrogen) atoms. The molecular formula is C11H9ClFN3. The molecule has 0 radical (unpaired) electrons. The zero-order valence-corrected chi connectivity index (χ0v) is 9.29. The van der Waals surface area contributed by atoms with Gasteiger partial charge in [0.05, 0.1) is 0 Å². The summed E-state index contributed by atoms with van der Waals surface area (Å²) in [7, 11) is 0. The number of aryl methyl sites for hydroxylation is 1. The van der Waals surface area contributed by atoms with Crippen LogP contribution in [0.4, 0.5) is 15.9 Å². The van der Waals surface area contributed by atoms with Crippen molar-refractivity contribution >= 4 is 23.1 Å². The SMILES string of the molecule is Cc1cc(F)ccc1Nc1cc(Cl)ncn1. The van der Waals surface area contributed by atoms with Gasteiger partial charge < -0.3 is 5.32 Å². The van der Waals surface area contributed by atoms with E-state index in [0.29, 0.717) is 11.0 Å². The Morgan fingerprint density at radius 2 is 2.06 bits per heavy atom. The van der Waals surface area contributed by atoms with Crippen LogP contribution in [0.5, 0.6) is 0 Å². The molecule has 0 aliphatic rings. The summed E-state index contributed by atoms with van der Waals surface area (Å²) in [6.45, 7) is 1.81. The van der Waals surface area contributed by atoms with Gasteiger partial charge in [-0.25, -0.2) is 14.4 Å². The lowest BCUT2D eigenvalue weighted by Crippen LogP contribution is -1.96. The maximum Gasteiger partial charge on any atom is 0.135 e. The summed E-state index contributed by atoms with van der Waals surface area (Å²) in [5.74, 6) is 0.318. The van der Waals surface area contributed by atoms with Gasteiger partial charge in [-0.15, -0.1) is 0 Å². The van der Waals surface area contributed by atoms with E-state index >= 15 is 0 Å². The highest BCUT2D eigenvalue weighted by molar-refractivity contribution is 6.29. The van der Waals surface area contributed by atoms with Crippen LogP contribution in [-0.4, -0.2) is 9.97 Å². The second kappa shape index (κ2) is 4.45. The van der Waals surface area contributed by atoms with Gasteiger partial charge in [-0.1, -0.05) is 11.6 Å². The predicted molar refractivity (Wildman–Crippen MR) is 61.5 cm³/mol. The van der Waals surface area contributed by atoms with Crippen molar-refractivity contribution in [2.75, 3.05) is 5.32 Å². The topological polar surface area (TPSA) is 37.8 Å². The van der Waals surface area contributed by atoms with Gasteiger partial charge in [-0.2, -0.15) is 0 Å². The smallest absolute Gasteiger partial charge is 0.135 e. The van der Waals surface area contributed by atoms with E-state index < -0.39 is 0 Å². The van der Waals surface area contributed by atoms with E-state index in [4.69, 9.17) is 11.6 Å². The number of nitrogens with one attached hydrogen (secondary N) is 1. The molecule has 3 nitrogen and oxygen atoms in total. The molecule has 0 spiro atoms. The summed E-state index contributed by atoms with van der Waals surface area (Å²) in [4.78, 5) is 7.77. The van der Waals surface area contributed by atoms with Crippen LogP contribution in [0.15, 0.2) is 30.6 Å². The first kappa shape index (κ1) is 10.8. The molecule has 1 aromatic carbocycles. The first-order valence-electron chi connectivity index (χ1n) is 4.66. The number of hydrogen-bond donors (Lipinski definition) is 1. The van der Waals surface area contributed by atoms with E-state index in [1.807, 2.05) is 6.92 Å². The van der Waals surface area contributed by atoms with Crippen molar-refractivity contribution in [2.45, 2.75) is 6.92 Å². The maximum atomic E-state index is 12.9. The molecule has 2 aromatic rings. The summed E-state index contributed by atoms with van der Waals surface area (Å²) in [6.07, 6.45) is 1.36. The van der Waals surface area contributed by atoms with E-state index in [1.54, 1.807) is 12.1 Å². The van der Waals surface area contributed by atoms with E-state index in [0.717, 1.165) is 11.3 Å². The van der Waals surface area contributed by atoms with Crippen LogP contribution >= 0.6 is 11.6 Å². The predicted octanol–water partition coefficient (Wildman–Crippen LogP) is 3.32. The lowest BCUT2D eigenvalue weighted by atomic mass is 10.2. The number of nitrogens with zero attached hydrogens (tertiary/aromatic N) is 2. The third-order valence-corrected chi connectivity index (χ3v) is 2.29. The van der Waals surface area contributed by atoms with Crippen molar-refractivity contribution < 1.29 is 4.39 Å². The summed E-state index contributed by atoms with van der Waals surface area (Å²) in [6, 6.07) is 6.09. The number of hydrogen-bond acceptors (Lipinski definition) is 3. The zero-order chi connectivity index (χ0) is 11.5. The van der Waals surface area contributed by atoms with Crippen molar-refractivity contribution in [3.8, 4) is 0 Å². The van der Waals surface area contributed by atoms with E-state index in [-0.39, 0.29) is 5.82 Å². The van der Waals surface area contributed by atoms with Gasteiger partial charge in [0.25, 0.3) is 0 Å². The minimum absolute atomic E-state index is 0.260. The Labute approximate surface area is 97.3 Å². The fourth-order valence-electron chi connectivity index (χ4n) is 1.31. The summed E-state index contributed by atoms with van der Waals surface area (Å²) < 4.78 is 12.9. The van der Waals surface area contributed by atoms with Gasteiger partial charge in [0.15, 0.2) is 0 Å². The number of aromatic nitrogens is 2. The molecule has 0 unspecified atom stereocenters. The molecule has 0 saturated heterocycles. The quantitative estimate of drug-likeness (QED) is 0.815. The summed E-state index contributed by atoms with van der Waals surface area (Å²) in [5, 5.41) is 3.40. The molecule has 5 heteroatoms. The minimum atomic E-state index is -0.260. The number of rotatable bonds is 2. The first-order valence-corrected chi connectivity index (χ1v) is 5.03. The number of benzene rings is 1. The molecule has 1 N–H and O–H groups in total. The first-order chi connectivity index (χ1) is 7.65. The molecule has 0 atom stereocenters. The van der Waals surface area contributed by atoms with Gasteiger partial charge in [-0.05, 0) is 30.7 Å². The Hall–Kier alpha value is -1.68. The Morgan fingerprint density at radius 1 is 1.25 bits per heavy atom. The fraction of sp³-hybridized carbons (Fsp3) is 0.0909. The van der Waals surface area contributed by atoms with Crippen molar-refractivity contribution in [1.82, 2.24) is 9.97 Å². The average molecular weight is 238 g/mol. The highest BCUT2D eigenvalue weighted by atomic mass is 35.5. The molecule has 1 aromatic heterocycles. The van der Waals surface area contributed by atoms with Crippen LogP contribution in [0.3, 0.4) is 0 Å². The van der Waals surface area contributed by atoms with Crippen LogP contribution < -0.4 is 5.32 Å². The molecular weight excluding hydrogens is 229 g/mol. The molecule has 0 amide bonds. The van der Waals surface area contributed by atoms with Gasteiger partial charge in [0.1, 0.15) is 23.1 Å². The van der Waals surface area contributed by atoms with Gasteiger partial charge in [0, 0.05) is 11.8 Å². The van der Waals surface area contributed by atoms with Crippen molar-refractivity contribution in [2.24, 2.45) is 0 Å². The Kier molecular flexibility index (Phi) is 3.01. The zero-order valence-electron chi connectivity index (χ0n) is 8.54. The second-order valence-electron chi connectivity index (χ2n) is 3.31. The monoisotopic (exact) mass is 237 g/mol. The van der Waals surface area contributed by atoms with Gasteiger partial charge in [0.2, 0.25) is 0 Å². The molecule has 0 aliphatic carbocycles. The number of halogens is 2. The van der Waals surface area contributed by atoms with E-state index in [1.165, 1.54) is 18.5 Å². The van der Waals surface area contributed by atoms with Crippen LogP contribution in [0.1, 0.15) is 5.56 Å².